The summed E-state index contributed by atoms with van der Waals surface area (Å²) in [4.78, 5) is 2.58. The van der Waals surface area contributed by atoms with Crippen LogP contribution in [0.3, 0.4) is 0 Å². The number of ether oxygens (including phenoxy) is 4. The second-order valence-corrected chi connectivity index (χ2v) is 9.85. The molecule has 0 radical (unpaired) electrons. The molecule has 1 aromatic rings. The van der Waals surface area contributed by atoms with E-state index in [1.54, 1.807) is 7.11 Å². The maximum atomic E-state index is 6.85. The predicted molar refractivity (Wildman–Crippen MR) is 105 cm³/mol. The SMILES string of the molecule is COc1ccc2c3c1OC1C4(CCC5(C)C(C2)N(C)CCC315)OCCC(C)O4. The van der Waals surface area contributed by atoms with Crippen molar-refractivity contribution < 1.29 is 18.9 Å². The Labute approximate surface area is 167 Å². The largest absolute Gasteiger partial charge is 0.493 e. The molecular weight excluding hydrogens is 354 g/mol. The normalized spacial score (nSPS) is 46.2. The molecule has 2 saturated heterocycles. The van der Waals surface area contributed by atoms with Gasteiger partial charge in [0.25, 0.3) is 0 Å². The third-order valence-corrected chi connectivity index (χ3v) is 8.78. The van der Waals surface area contributed by atoms with E-state index in [1.807, 2.05) is 0 Å². The third-order valence-electron chi connectivity index (χ3n) is 8.78. The van der Waals surface area contributed by atoms with Crippen molar-refractivity contribution in [3.8, 4) is 11.5 Å². The highest BCUT2D eigenvalue weighted by atomic mass is 16.7. The molecule has 28 heavy (non-hydrogen) atoms. The molecular formula is C23H31NO4. The van der Waals surface area contributed by atoms with Gasteiger partial charge in [-0.1, -0.05) is 13.0 Å². The average Bonchev–Trinajstić information content (AvgIpc) is 3.04. The van der Waals surface area contributed by atoms with Crippen molar-refractivity contribution in [2.24, 2.45) is 5.41 Å². The molecule has 2 aliphatic carbocycles. The number of fused-ring (bicyclic) bond motifs is 1. The number of likely N-dealkylation sites (N-methyl/N-ethyl adjacent to an activating group) is 1. The number of hydrogen-bond acceptors (Lipinski definition) is 5. The van der Waals surface area contributed by atoms with E-state index in [0.29, 0.717) is 6.04 Å². The van der Waals surface area contributed by atoms with Crippen LogP contribution in [0.1, 0.15) is 50.7 Å². The second kappa shape index (κ2) is 5.44. The van der Waals surface area contributed by atoms with Crippen LogP contribution in [0.15, 0.2) is 12.1 Å². The first-order valence-electron chi connectivity index (χ1n) is 10.8. The minimum absolute atomic E-state index is 0.0725. The Hall–Kier alpha value is -1.30. The van der Waals surface area contributed by atoms with Gasteiger partial charge in [0.2, 0.25) is 5.79 Å². The first-order chi connectivity index (χ1) is 13.5. The Morgan fingerprint density at radius 1 is 1.21 bits per heavy atom. The van der Waals surface area contributed by atoms with E-state index in [-0.39, 0.29) is 23.0 Å². The summed E-state index contributed by atoms with van der Waals surface area (Å²) >= 11 is 0. The van der Waals surface area contributed by atoms with Crippen molar-refractivity contribution in [2.75, 3.05) is 27.3 Å². The van der Waals surface area contributed by atoms with Gasteiger partial charge >= 0.3 is 0 Å². The second-order valence-electron chi connectivity index (χ2n) is 9.85. The zero-order valence-electron chi connectivity index (χ0n) is 17.4. The number of benzene rings is 1. The molecule has 6 unspecified atom stereocenters. The molecule has 6 rings (SSSR count). The fourth-order valence-corrected chi connectivity index (χ4v) is 7.42. The number of likely N-dealkylation sites (tertiary alicyclic amines) is 1. The lowest BCUT2D eigenvalue weighted by Crippen LogP contribution is -2.75. The lowest BCUT2D eigenvalue weighted by molar-refractivity contribution is -0.357. The van der Waals surface area contributed by atoms with Crippen molar-refractivity contribution in [3.05, 3.63) is 23.3 Å². The lowest BCUT2D eigenvalue weighted by Gasteiger charge is -2.67. The van der Waals surface area contributed by atoms with Gasteiger partial charge in [-0.2, -0.15) is 0 Å². The minimum atomic E-state index is -0.643. The van der Waals surface area contributed by atoms with E-state index in [2.05, 4.69) is 37.9 Å². The molecule has 0 aromatic heterocycles. The molecule has 5 aliphatic rings. The minimum Gasteiger partial charge on any atom is -0.493 e. The number of hydrogen-bond donors (Lipinski definition) is 0. The van der Waals surface area contributed by atoms with E-state index >= 15 is 0 Å². The standard InChI is InChI=1S/C23H31NO4/c1-14-7-12-26-23(28-14)9-8-21(2)17-13-15-5-6-16(25-4)19-18(15)22(21,20(23)27-19)10-11-24(17)3/h5-6,14,17,20H,7-13H2,1-4H3. The van der Waals surface area contributed by atoms with Crippen LogP contribution >= 0.6 is 0 Å². The van der Waals surface area contributed by atoms with Crippen molar-refractivity contribution in [2.45, 2.75) is 75.4 Å². The van der Waals surface area contributed by atoms with E-state index in [0.717, 1.165) is 56.8 Å². The summed E-state index contributed by atoms with van der Waals surface area (Å²) in [5, 5.41) is 0. The Morgan fingerprint density at radius 3 is 2.86 bits per heavy atom. The molecule has 0 N–H and O–H groups in total. The van der Waals surface area contributed by atoms with Crippen LogP contribution in [0.2, 0.25) is 0 Å². The molecule has 6 atom stereocenters. The van der Waals surface area contributed by atoms with Crippen LogP contribution in [0.5, 0.6) is 11.5 Å². The Kier molecular flexibility index (Phi) is 3.41. The number of rotatable bonds is 1. The average molecular weight is 386 g/mol. The zero-order valence-corrected chi connectivity index (χ0v) is 17.4. The van der Waals surface area contributed by atoms with E-state index in [1.165, 1.54) is 11.1 Å². The van der Waals surface area contributed by atoms with Gasteiger partial charge in [-0.25, -0.2) is 0 Å². The maximum absolute atomic E-state index is 6.85. The fourth-order valence-electron chi connectivity index (χ4n) is 7.42. The molecule has 3 heterocycles. The van der Waals surface area contributed by atoms with Crippen LogP contribution in [0.4, 0.5) is 0 Å². The molecule has 152 valence electrons. The number of methoxy groups -OCH3 is 1. The van der Waals surface area contributed by atoms with Crippen LogP contribution in [0.25, 0.3) is 0 Å². The van der Waals surface area contributed by atoms with Crippen LogP contribution in [-0.2, 0) is 21.3 Å². The predicted octanol–water partition coefficient (Wildman–Crippen LogP) is 3.28. The molecule has 3 aliphatic heterocycles. The molecule has 1 aromatic carbocycles. The summed E-state index contributed by atoms with van der Waals surface area (Å²) in [6, 6.07) is 4.87. The third kappa shape index (κ3) is 1.80. The van der Waals surface area contributed by atoms with Crippen molar-refractivity contribution in [1.82, 2.24) is 4.90 Å². The van der Waals surface area contributed by atoms with Gasteiger partial charge in [0.05, 0.1) is 19.8 Å². The van der Waals surface area contributed by atoms with Gasteiger partial charge < -0.3 is 23.8 Å². The van der Waals surface area contributed by atoms with E-state index < -0.39 is 5.79 Å². The van der Waals surface area contributed by atoms with Crippen LogP contribution < -0.4 is 9.47 Å². The Bertz CT molecular complexity index is 842. The molecule has 0 amide bonds. The highest BCUT2D eigenvalue weighted by Gasteiger charge is 2.75. The van der Waals surface area contributed by atoms with Gasteiger partial charge in [-0.15, -0.1) is 0 Å². The molecule has 5 heteroatoms. The number of piperidine rings is 1. The van der Waals surface area contributed by atoms with Crippen molar-refractivity contribution in [3.63, 3.8) is 0 Å². The van der Waals surface area contributed by atoms with Gasteiger partial charge in [0, 0.05) is 23.4 Å². The Balaban J connectivity index is 1.62. The molecule has 3 fully saturated rings. The first-order valence-corrected chi connectivity index (χ1v) is 10.8. The summed E-state index contributed by atoms with van der Waals surface area (Å²) in [6.45, 7) is 6.50. The highest BCUT2D eigenvalue weighted by molar-refractivity contribution is 5.62. The zero-order chi connectivity index (χ0) is 19.3. The molecule has 1 saturated carbocycles. The van der Waals surface area contributed by atoms with Gasteiger partial charge in [0.1, 0.15) is 0 Å². The monoisotopic (exact) mass is 385 g/mol. The lowest BCUT2D eigenvalue weighted by atomic mass is 9.43. The summed E-state index contributed by atoms with van der Waals surface area (Å²) in [6.07, 6.45) is 5.21. The fraction of sp³-hybridized carbons (Fsp3) is 0.739. The summed E-state index contributed by atoms with van der Waals surface area (Å²) in [7, 11) is 4.04. The smallest absolute Gasteiger partial charge is 0.207 e. The van der Waals surface area contributed by atoms with E-state index in [9.17, 15) is 0 Å². The first kappa shape index (κ1) is 17.5. The van der Waals surface area contributed by atoms with Crippen molar-refractivity contribution in [1.29, 1.82) is 0 Å². The van der Waals surface area contributed by atoms with Gasteiger partial charge in [-0.05, 0) is 63.2 Å². The maximum Gasteiger partial charge on any atom is 0.207 e. The summed E-state index contributed by atoms with van der Waals surface area (Å²) in [5.74, 6) is 1.16. The van der Waals surface area contributed by atoms with E-state index in [4.69, 9.17) is 18.9 Å². The van der Waals surface area contributed by atoms with Crippen molar-refractivity contribution >= 4 is 0 Å². The number of nitrogens with zero attached hydrogens (tertiary/aromatic N) is 1. The quantitative estimate of drug-likeness (QED) is 0.742. The highest BCUT2D eigenvalue weighted by Crippen LogP contribution is 2.71. The topological polar surface area (TPSA) is 40.2 Å². The van der Waals surface area contributed by atoms with Gasteiger partial charge in [0.15, 0.2) is 17.6 Å². The van der Waals surface area contributed by atoms with Crippen LogP contribution in [-0.4, -0.2) is 56.2 Å². The molecule has 2 bridgehead atoms. The summed E-state index contributed by atoms with van der Waals surface area (Å²) < 4.78 is 25.7. The van der Waals surface area contributed by atoms with Gasteiger partial charge in [-0.3, -0.25) is 0 Å². The Morgan fingerprint density at radius 2 is 2.07 bits per heavy atom. The molecule has 2 spiro atoms. The summed E-state index contributed by atoms with van der Waals surface area (Å²) in [5.41, 5.74) is 2.90. The van der Waals surface area contributed by atoms with Crippen LogP contribution in [0, 0.1) is 5.41 Å². The molecule has 5 nitrogen and oxygen atoms in total.